The van der Waals surface area contributed by atoms with Crippen LogP contribution in [0.4, 0.5) is 0 Å². The van der Waals surface area contributed by atoms with Gasteiger partial charge in [-0.1, -0.05) is 88.3 Å². The van der Waals surface area contributed by atoms with E-state index < -0.39 is 0 Å². The van der Waals surface area contributed by atoms with Gasteiger partial charge in [0.2, 0.25) is 0 Å². The van der Waals surface area contributed by atoms with Crippen LogP contribution in [0, 0.1) is 0 Å². The van der Waals surface area contributed by atoms with E-state index in [0.29, 0.717) is 0 Å². The summed E-state index contributed by atoms with van der Waals surface area (Å²) in [6, 6.07) is 14.3. The molecule has 21 heavy (non-hydrogen) atoms. The maximum absolute atomic E-state index is 2.47. The largest absolute Gasteiger partial charge is 0.0891 e. The molecule has 0 N–H and O–H groups in total. The standard InChI is InChI=1S/C20H26Si/c1-19(2,3)13-7-9-15-16-10-8-14(20(4,5)6)12-18(16)21-17(15)11-13/h7-12H,21H2,1-6H3. The lowest BCUT2D eigenvalue weighted by Gasteiger charge is -2.20. The summed E-state index contributed by atoms with van der Waals surface area (Å²) >= 11 is 0. The van der Waals surface area contributed by atoms with Crippen molar-refractivity contribution in [3.8, 4) is 11.1 Å². The van der Waals surface area contributed by atoms with Crippen molar-refractivity contribution in [3.63, 3.8) is 0 Å². The molecular formula is C20H26Si. The summed E-state index contributed by atoms with van der Waals surface area (Å²) in [4.78, 5) is 0. The zero-order valence-corrected chi connectivity index (χ0v) is 15.6. The molecule has 2 aromatic carbocycles. The fourth-order valence-corrected chi connectivity index (χ4v) is 5.20. The first kappa shape index (κ1) is 14.6. The van der Waals surface area contributed by atoms with Crippen LogP contribution in [0.3, 0.4) is 0 Å². The van der Waals surface area contributed by atoms with E-state index in [2.05, 4.69) is 77.9 Å². The number of benzene rings is 2. The summed E-state index contributed by atoms with van der Waals surface area (Å²) in [6.07, 6.45) is 0. The van der Waals surface area contributed by atoms with Crippen molar-refractivity contribution in [3.05, 3.63) is 47.5 Å². The van der Waals surface area contributed by atoms with Gasteiger partial charge < -0.3 is 0 Å². The molecule has 0 bridgehead atoms. The minimum absolute atomic E-state index is 0.245. The maximum atomic E-state index is 2.47. The highest BCUT2D eigenvalue weighted by atomic mass is 28.2. The Hall–Kier alpha value is -1.34. The van der Waals surface area contributed by atoms with Crippen molar-refractivity contribution in [1.82, 2.24) is 0 Å². The second-order valence-corrected chi connectivity index (χ2v) is 10.3. The van der Waals surface area contributed by atoms with Crippen LogP contribution in [0.1, 0.15) is 52.7 Å². The average molecular weight is 295 g/mol. The van der Waals surface area contributed by atoms with Crippen molar-refractivity contribution >= 4 is 19.9 Å². The Labute approximate surface area is 131 Å². The van der Waals surface area contributed by atoms with Crippen LogP contribution in [-0.4, -0.2) is 9.52 Å². The third kappa shape index (κ3) is 2.60. The normalized spacial score (nSPS) is 14.0. The topological polar surface area (TPSA) is 0 Å². The van der Waals surface area contributed by atoms with E-state index in [1.54, 1.807) is 10.4 Å². The van der Waals surface area contributed by atoms with Crippen molar-refractivity contribution in [1.29, 1.82) is 0 Å². The number of hydrogen-bond donors (Lipinski definition) is 0. The lowest BCUT2D eigenvalue weighted by atomic mass is 9.85. The summed E-state index contributed by atoms with van der Waals surface area (Å²) in [6.45, 7) is 13.8. The van der Waals surface area contributed by atoms with Crippen LogP contribution in [0.25, 0.3) is 11.1 Å². The van der Waals surface area contributed by atoms with Gasteiger partial charge in [-0.25, -0.2) is 0 Å². The van der Waals surface area contributed by atoms with Crippen LogP contribution in [0.2, 0.25) is 0 Å². The summed E-state index contributed by atoms with van der Waals surface area (Å²) in [5, 5.41) is 3.26. The summed E-state index contributed by atoms with van der Waals surface area (Å²) in [5.74, 6) is 0. The minimum atomic E-state index is -0.319. The molecule has 0 aromatic heterocycles. The Kier molecular flexibility index (Phi) is 3.18. The van der Waals surface area contributed by atoms with Gasteiger partial charge in [0.15, 0.2) is 0 Å². The Bertz CT molecular complexity index is 635. The first-order valence-corrected chi connectivity index (χ1v) is 9.35. The summed E-state index contributed by atoms with van der Waals surface area (Å²) in [7, 11) is -0.319. The van der Waals surface area contributed by atoms with Crippen LogP contribution < -0.4 is 10.4 Å². The van der Waals surface area contributed by atoms with Gasteiger partial charge in [0.1, 0.15) is 0 Å². The van der Waals surface area contributed by atoms with E-state index in [0.717, 1.165) is 0 Å². The molecule has 0 spiro atoms. The Balaban J connectivity index is 2.06. The molecule has 1 heterocycles. The fourth-order valence-electron chi connectivity index (χ4n) is 3.14. The van der Waals surface area contributed by atoms with Crippen molar-refractivity contribution in [2.24, 2.45) is 0 Å². The van der Waals surface area contributed by atoms with Gasteiger partial charge in [0.25, 0.3) is 0 Å². The van der Waals surface area contributed by atoms with E-state index >= 15 is 0 Å². The summed E-state index contributed by atoms with van der Waals surface area (Å²) < 4.78 is 0. The molecule has 0 radical (unpaired) electrons. The number of hydrogen-bond acceptors (Lipinski definition) is 0. The van der Waals surface area contributed by atoms with Gasteiger partial charge in [-0.05, 0) is 33.1 Å². The molecule has 1 heteroatoms. The Morgan fingerprint density at radius 3 is 1.33 bits per heavy atom. The molecule has 0 fully saturated rings. The lowest BCUT2D eigenvalue weighted by molar-refractivity contribution is 0.590. The van der Waals surface area contributed by atoms with Crippen molar-refractivity contribution < 1.29 is 0 Å². The van der Waals surface area contributed by atoms with Crippen LogP contribution in [0.5, 0.6) is 0 Å². The molecule has 0 saturated heterocycles. The predicted molar refractivity (Wildman–Crippen MR) is 97.1 cm³/mol. The highest BCUT2D eigenvalue weighted by Crippen LogP contribution is 2.29. The molecule has 1 aliphatic rings. The first-order valence-electron chi connectivity index (χ1n) is 7.93. The van der Waals surface area contributed by atoms with E-state index in [1.807, 2.05) is 0 Å². The van der Waals surface area contributed by atoms with Gasteiger partial charge in [-0.2, -0.15) is 0 Å². The van der Waals surface area contributed by atoms with Crippen LogP contribution in [0.15, 0.2) is 36.4 Å². The quantitative estimate of drug-likeness (QED) is 0.558. The molecule has 3 rings (SSSR count). The number of fused-ring (bicyclic) bond motifs is 3. The minimum Gasteiger partial charge on any atom is -0.0589 e. The van der Waals surface area contributed by atoms with Crippen molar-refractivity contribution in [2.45, 2.75) is 52.4 Å². The van der Waals surface area contributed by atoms with E-state index in [-0.39, 0.29) is 20.3 Å². The zero-order chi connectivity index (χ0) is 15.4. The molecule has 2 aromatic rings. The van der Waals surface area contributed by atoms with E-state index in [9.17, 15) is 0 Å². The van der Waals surface area contributed by atoms with E-state index in [1.165, 1.54) is 22.3 Å². The SMILES string of the molecule is CC(C)(C)c1ccc2c(c1)[SiH2]c1cc(C(C)(C)C)ccc1-2. The lowest BCUT2D eigenvalue weighted by Crippen LogP contribution is -2.24. The zero-order valence-electron chi connectivity index (χ0n) is 14.2. The van der Waals surface area contributed by atoms with Gasteiger partial charge >= 0.3 is 0 Å². The van der Waals surface area contributed by atoms with Crippen LogP contribution >= 0.6 is 0 Å². The van der Waals surface area contributed by atoms with Crippen molar-refractivity contribution in [2.75, 3.05) is 0 Å². The molecule has 0 amide bonds. The smallest absolute Gasteiger partial charge is 0.0589 e. The van der Waals surface area contributed by atoms with Gasteiger partial charge in [-0.15, -0.1) is 0 Å². The van der Waals surface area contributed by atoms with Gasteiger partial charge in [0, 0.05) is 0 Å². The molecule has 0 atom stereocenters. The molecule has 0 saturated carbocycles. The monoisotopic (exact) mass is 294 g/mol. The second-order valence-electron chi connectivity index (χ2n) is 8.42. The Morgan fingerprint density at radius 2 is 1.00 bits per heavy atom. The molecule has 0 aliphatic carbocycles. The fraction of sp³-hybridized carbons (Fsp3) is 0.400. The van der Waals surface area contributed by atoms with Crippen LogP contribution in [-0.2, 0) is 10.8 Å². The molecule has 110 valence electrons. The first-order chi connectivity index (χ1) is 9.66. The third-order valence-electron chi connectivity index (χ3n) is 4.61. The predicted octanol–water partition coefficient (Wildman–Crippen LogP) is 3.38. The number of rotatable bonds is 0. The highest BCUT2D eigenvalue weighted by Gasteiger charge is 2.24. The second kappa shape index (κ2) is 4.57. The highest BCUT2D eigenvalue weighted by molar-refractivity contribution is 6.73. The van der Waals surface area contributed by atoms with Gasteiger partial charge in [-0.3, -0.25) is 0 Å². The average Bonchev–Trinajstić information content (AvgIpc) is 2.73. The molecule has 0 unspecified atom stereocenters. The molecular weight excluding hydrogens is 268 g/mol. The van der Waals surface area contributed by atoms with Gasteiger partial charge in [0.05, 0.1) is 9.52 Å². The molecule has 1 aliphatic heterocycles. The van der Waals surface area contributed by atoms with E-state index in [4.69, 9.17) is 0 Å². The maximum Gasteiger partial charge on any atom is 0.0891 e. The third-order valence-corrected chi connectivity index (χ3v) is 6.55. The molecule has 0 nitrogen and oxygen atoms in total. The summed E-state index contributed by atoms with van der Waals surface area (Å²) in [5.41, 5.74) is 6.41. The Morgan fingerprint density at radius 1 is 0.619 bits per heavy atom.